The van der Waals surface area contributed by atoms with Crippen molar-refractivity contribution in [3.8, 4) is 6.07 Å². The average molecular weight is 366 g/mol. The third-order valence-corrected chi connectivity index (χ3v) is 4.95. The molecule has 1 fully saturated rings. The molecule has 7 nitrogen and oxygen atoms in total. The van der Waals surface area contributed by atoms with Gasteiger partial charge in [0.05, 0.1) is 34.1 Å². The van der Waals surface area contributed by atoms with Gasteiger partial charge in [0.15, 0.2) is 6.61 Å². The molecule has 0 unspecified atom stereocenters. The molecular weight excluding hydrogens is 344 g/mol. The van der Waals surface area contributed by atoms with E-state index in [9.17, 15) is 14.9 Å². The van der Waals surface area contributed by atoms with Gasteiger partial charge < -0.3 is 10.1 Å². The fourth-order valence-electron chi connectivity index (χ4n) is 3.30. The van der Waals surface area contributed by atoms with Crippen molar-refractivity contribution in [2.24, 2.45) is 0 Å². The Labute approximate surface area is 157 Å². The summed E-state index contributed by atoms with van der Waals surface area (Å²) < 4.78 is 5.12. The van der Waals surface area contributed by atoms with Crippen LogP contribution in [0.15, 0.2) is 18.2 Å². The molecule has 1 amide bonds. The summed E-state index contributed by atoms with van der Waals surface area (Å²) in [6.45, 7) is 3.31. The summed E-state index contributed by atoms with van der Waals surface area (Å²) in [5, 5.41) is 12.1. The predicted molar refractivity (Wildman–Crippen MR) is 98.9 cm³/mol. The molecule has 1 saturated carbocycles. The lowest BCUT2D eigenvalue weighted by Crippen LogP contribution is -2.50. The van der Waals surface area contributed by atoms with Crippen molar-refractivity contribution in [3.05, 3.63) is 35.2 Å². The molecule has 140 valence electrons. The fraction of sp³-hybridized carbons (Fsp3) is 0.450. The number of aromatic nitrogens is 2. The minimum atomic E-state index is -0.838. The summed E-state index contributed by atoms with van der Waals surface area (Å²) in [7, 11) is 0. The van der Waals surface area contributed by atoms with Gasteiger partial charge in [0.1, 0.15) is 5.54 Å². The molecule has 1 heterocycles. The highest BCUT2D eigenvalue weighted by Gasteiger charge is 2.33. The van der Waals surface area contributed by atoms with E-state index < -0.39 is 24.0 Å². The molecule has 1 N–H and O–H groups in total. The van der Waals surface area contributed by atoms with Gasteiger partial charge >= 0.3 is 5.97 Å². The van der Waals surface area contributed by atoms with Crippen LogP contribution in [0.1, 0.15) is 53.8 Å². The molecule has 0 bridgehead atoms. The van der Waals surface area contributed by atoms with Crippen molar-refractivity contribution in [2.75, 3.05) is 6.61 Å². The van der Waals surface area contributed by atoms with Crippen molar-refractivity contribution in [1.82, 2.24) is 15.3 Å². The van der Waals surface area contributed by atoms with Gasteiger partial charge in [-0.3, -0.25) is 4.79 Å². The molecule has 0 atom stereocenters. The van der Waals surface area contributed by atoms with E-state index in [1.165, 1.54) is 0 Å². The van der Waals surface area contributed by atoms with Crippen LogP contribution in [0.2, 0.25) is 0 Å². The molecule has 2 aromatic rings. The molecule has 3 rings (SSSR count). The first-order valence-electron chi connectivity index (χ1n) is 9.07. The zero-order valence-electron chi connectivity index (χ0n) is 15.5. The van der Waals surface area contributed by atoms with Crippen LogP contribution < -0.4 is 5.32 Å². The summed E-state index contributed by atoms with van der Waals surface area (Å²) in [5.74, 6) is -1.07. The Morgan fingerprint density at radius 2 is 1.81 bits per heavy atom. The summed E-state index contributed by atoms with van der Waals surface area (Å²) in [6.07, 6.45) is 4.14. The van der Waals surface area contributed by atoms with Gasteiger partial charge in [0, 0.05) is 0 Å². The number of hydrogen-bond acceptors (Lipinski definition) is 6. The normalized spacial score (nSPS) is 15.7. The number of aryl methyl sites for hydroxylation is 2. The second-order valence-electron chi connectivity index (χ2n) is 6.98. The van der Waals surface area contributed by atoms with Crippen LogP contribution in [-0.2, 0) is 9.53 Å². The minimum absolute atomic E-state index is 0.306. The second kappa shape index (κ2) is 7.70. The highest BCUT2D eigenvalue weighted by atomic mass is 16.5. The number of benzene rings is 1. The Morgan fingerprint density at radius 3 is 2.48 bits per heavy atom. The van der Waals surface area contributed by atoms with E-state index in [1.54, 1.807) is 18.2 Å². The van der Waals surface area contributed by atoms with Crippen LogP contribution in [0.4, 0.5) is 0 Å². The van der Waals surface area contributed by atoms with E-state index >= 15 is 0 Å². The smallest absolute Gasteiger partial charge is 0.338 e. The summed E-state index contributed by atoms with van der Waals surface area (Å²) in [5.41, 5.74) is 2.39. The zero-order valence-corrected chi connectivity index (χ0v) is 15.5. The number of nitrogens with zero attached hydrogens (tertiary/aromatic N) is 3. The molecule has 0 radical (unpaired) electrons. The van der Waals surface area contributed by atoms with Gasteiger partial charge in [-0.2, -0.15) is 5.26 Å². The highest BCUT2D eigenvalue weighted by Crippen LogP contribution is 2.27. The average Bonchev–Trinajstić information content (AvgIpc) is 2.67. The third kappa shape index (κ3) is 4.22. The van der Waals surface area contributed by atoms with E-state index in [0.29, 0.717) is 29.4 Å². The molecule has 1 aromatic heterocycles. The van der Waals surface area contributed by atoms with E-state index in [2.05, 4.69) is 21.4 Å². The Kier molecular flexibility index (Phi) is 5.36. The van der Waals surface area contributed by atoms with Crippen LogP contribution in [0.25, 0.3) is 11.0 Å². The van der Waals surface area contributed by atoms with Gasteiger partial charge in [0.25, 0.3) is 5.91 Å². The van der Waals surface area contributed by atoms with Crippen LogP contribution in [-0.4, -0.2) is 34.0 Å². The molecule has 0 aliphatic heterocycles. The second-order valence-corrected chi connectivity index (χ2v) is 6.98. The molecule has 0 spiro atoms. The molecule has 0 saturated heterocycles. The lowest BCUT2D eigenvalue weighted by atomic mass is 9.83. The van der Waals surface area contributed by atoms with Crippen molar-refractivity contribution in [3.63, 3.8) is 0 Å². The first-order valence-corrected chi connectivity index (χ1v) is 9.07. The van der Waals surface area contributed by atoms with Crippen LogP contribution in [0.5, 0.6) is 0 Å². The lowest BCUT2D eigenvalue weighted by Gasteiger charge is -2.31. The Morgan fingerprint density at radius 1 is 1.15 bits per heavy atom. The molecule has 1 aromatic carbocycles. The van der Waals surface area contributed by atoms with E-state index in [1.807, 2.05) is 13.8 Å². The zero-order chi connectivity index (χ0) is 19.4. The SMILES string of the molecule is Cc1nc2ccc(C(=O)OCC(=O)NC3(C#N)CCCCC3)cc2nc1C. The monoisotopic (exact) mass is 366 g/mol. The number of nitrogens with one attached hydrogen (secondary N) is 1. The van der Waals surface area contributed by atoms with Crippen LogP contribution in [0, 0.1) is 25.2 Å². The highest BCUT2D eigenvalue weighted by molar-refractivity contribution is 5.94. The number of amides is 1. The molecule has 27 heavy (non-hydrogen) atoms. The molecule has 1 aliphatic carbocycles. The number of ether oxygens (including phenoxy) is 1. The first kappa shape index (κ1) is 18.8. The number of nitriles is 1. The largest absolute Gasteiger partial charge is 0.452 e. The number of carbonyl (C=O) groups excluding carboxylic acids is 2. The molecule has 1 aliphatic rings. The van der Waals surface area contributed by atoms with Gasteiger partial charge in [-0.25, -0.2) is 14.8 Å². The Hall–Kier alpha value is -3.01. The van der Waals surface area contributed by atoms with Crippen molar-refractivity contribution < 1.29 is 14.3 Å². The maximum atomic E-state index is 12.3. The van der Waals surface area contributed by atoms with Crippen LogP contribution in [0.3, 0.4) is 0 Å². The first-order chi connectivity index (χ1) is 12.9. The van der Waals surface area contributed by atoms with E-state index in [4.69, 9.17) is 4.74 Å². The molecular formula is C20H22N4O3. The maximum Gasteiger partial charge on any atom is 0.338 e. The Balaban J connectivity index is 1.63. The number of rotatable bonds is 4. The van der Waals surface area contributed by atoms with Gasteiger partial charge in [-0.15, -0.1) is 0 Å². The predicted octanol–water partition coefficient (Wildman–Crippen LogP) is 2.75. The van der Waals surface area contributed by atoms with E-state index in [0.717, 1.165) is 30.7 Å². The standard InChI is InChI=1S/C20H22N4O3/c1-13-14(2)23-17-10-15(6-7-16(17)22-13)19(26)27-11-18(25)24-20(12-21)8-4-3-5-9-20/h6-7,10H,3-5,8-9,11H2,1-2H3,(H,24,25). The van der Waals surface area contributed by atoms with Crippen molar-refractivity contribution >= 4 is 22.9 Å². The number of carbonyl (C=O) groups is 2. The van der Waals surface area contributed by atoms with Gasteiger partial charge in [0.2, 0.25) is 0 Å². The number of fused-ring (bicyclic) bond motifs is 1. The summed E-state index contributed by atoms with van der Waals surface area (Å²) in [6, 6.07) is 7.12. The third-order valence-electron chi connectivity index (χ3n) is 4.95. The lowest BCUT2D eigenvalue weighted by molar-refractivity contribution is -0.125. The van der Waals surface area contributed by atoms with Crippen molar-refractivity contribution in [2.45, 2.75) is 51.5 Å². The van der Waals surface area contributed by atoms with E-state index in [-0.39, 0.29) is 0 Å². The topological polar surface area (TPSA) is 105 Å². The fourth-order valence-corrected chi connectivity index (χ4v) is 3.30. The number of hydrogen-bond donors (Lipinski definition) is 1. The van der Waals surface area contributed by atoms with Gasteiger partial charge in [-0.05, 0) is 44.9 Å². The summed E-state index contributed by atoms with van der Waals surface area (Å²) in [4.78, 5) is 33.3. The maximum absolute atomic E-state index is 12.3. The Bertz CT molecular complexity index is 927. The quantitative estimate of drug-likeness (QED) is 0.834. The van der Waals surface area contributed by atoms with Crippen molar-refractivity contribution in [1.29, 1.82) is 5.26 Å². The summed E-state index contributed by atoms with van der Waals surface area (Å²) >= 11 is 0. The molecule has 7 heteroatoms. The minimum Gasteiger partial charge on any atom is -0.452 e. The van der Waals surface area contributed by atoms with Gasteiger partial charge in [-0.1, -0.05) is 19.3 Å². The van der Waals surface area contributed by atoms with Crippen LogP contribution >= 0.6 is 0 Å². The number of esters is 1.